The van der Waals surface area contributed by atoms with Crippen LogP contribution in [0.3, 0.4) is 0 Å². The van der Waals surface area contributed by atoms with Crippen LogP contribution < -0.4 is 15.4 Å². The Morgan fingerprint density at radius 1 is 1.20 bits per heavy atom. The van der Waals surface area contributed by atoms with Gasteiger partial charge >= 0.3 is 0 Å². The van der Waals surface area contributed by atoms with Crippen LogP contribution in [0.15, 0.2) is 4.99 Å². The lowest BCUT2D eigenvalue weighted by Gasteiger charge is -2.40. The van der Waals surface area contributed by atoms with Gasteiger partial charge in [-0.3, -0.25) is 4.99 Å². The van der Waals surface area contributed by atoms with Crippen molar-refractivity contribution < 1.29 is 8.42 Å². The molecule has 3 N–H and O–H groups in total. The van der Waals surface area contributed by atoms with Gasteiger partial charge in [0.1, 0.15) is 0 Å². The van der Waals surface area contributed by atoms with E-state index in [1.165, 1.54) is 25.7 Å². The van der Waals surface area contributed by atoms with Gasteiger partial charge in [-0.25, -0.2) is 13.1 Å². The predicted molar refractivity (Wildman–Crippen MR) is 83.4 cm³/mol. The molecule has 1 aliphatic rings. The highest BCUT2D eigenvalue weighted by atomic mass is 32.2. The molecule has 0 amide bonds. The molecule has 0 aliphatic heterocycles. The van der Waals surface area contributed by atoms with Crippen LogP contribution in [0.5, 0.6) is 0 Å². The van der Waals surface area contributed by atoms with Crippen molar-refractivity contribution in [3.8, 4) is 0 Å². The zero-order chi connectivity index (χ0) is 15.1. The summed E-state index contributed by atoms with van der Waals surface area (Å²) in [6.45, 7) is 6.78. The van der Waals surface area contributed by atoms with Crippen LogP contribution in [0.25, 0.3) is 0 Å². The van der Waals surface area contributed by atoms with Crippen molar-refractivity contribution in [1.82, 2.24) is 15.4 Å². The number of nitrogens with zero attached hydrogens (tertiary/aromatic N) is 1. The third-order valence-electron chi connectivity index (χ3n) is 3.86. The first-order valence-corrected chi connectivity index (χ1v) is 9.27. The summed E-state index contributed by atoms with van der Waals surface area (Å²) in [6, 6.07) is 0. The van der Waals surface area contributed by atoms with Gasteiger partial charge in [-0.1, -0.05) is 13.3 Å². The summed E-state index contributed by atoms with van der Waals surface area (Å²) in [5.74, 6) is 0.766. The van der Waals surface area contributed by atoms with E-state index in [1.54, 1.807) is 0 Å². The van der Waals surface area contributed by atoms with E-state index in [1.807, 2.05) is 6.92 Å². The number of sulfonamides is 1. The fraction of sp³-hybridized carbons (Fsp3) is 0.923. The van der Waals surface area contributed by atoms with Gasteiger partial charge in [0.2, 0.25) is 10.0 Å². The Balaban J connectivity index is 2.39. The number of guanidine groups is 1. The average Bonchev–Trinajstić information content (AvgIpc) is 2.32. The molecular formula is C13H28N4O2S. The van der Waals surface area contributed by atoms with Crippen molar-refractivity contribution in [3.63, 3.8) is 0 Å². The van der Waals surface area contributed by atoms with Crippen molar-refractivity contribution in [2.75, 3.05) is 32.4 Å². The fourth-order valence-corrected chi connectivity index (χ4v) is 2.78. The monoisotopic (exact) mass is 304 g/mol. The molecule has 7 heteroatoms. The molecule has 0 heterocycles. The summed E-state index contributed by atoms with van der Waals surface area (Å²) in [5, 5.41) is 6.34. The van der Waals surface area contributed by atoms with E-state index in [9.17, 15) is 8.42 Å². The van der Waals surface area contributed by atoms with Crippen molar-refractivity contribution in [2.24, 2.45) is 10.4 Å². The molecule has 1 fully saturated rings. The lowest BCUT2D eigenvalue weighted by Crippen LogP contribution is -2.42. The molecule has 1 aliphatic carbocycles. The molecule has 0 aromatic carbocycles. The van der Waals surface area contributed by atoms with Crippen molar-refractivity contribution >= 4 is 16.0 Å². The molecular weight excluding hydrogens is 276 g/mol. The van der Waals surface area contributed by atoms with Gasteiger partial charge in [0.15, 0.2) is 5.96 Å². The second-order valence-electron chi connectivity index (χ2n) is 5.50. The van der Waals surface area contributed by atoms with E-state index in [0.29, 0.717) is 18.5 Å². The second-order valence-corrected chi connectivity index (χ2v) is 7.33. The molecule has 0 bridgehead atoms. The number of hydrogen-bond acceptors (Lipinski definition) is 3. The first kappa shape index (κ1) is 17.2. The Bertz CT molecular complexity index is 411. The quantitative estimate of drug-likeness (QED) is 0.350. The van der Waals surface area contributed by atoms with E-state index in [2.05, 4.69) is 27.3 Å². The second kappa shape index (κ2) is 7.83. The topological polar surface area (TPSA) is 82.6 Å². The van der Waals surface area contributed by atoms with Crippen LogP contribution in [-0.2, 0) is 10.0 Å². The zero-order valence-electron chi connectivity index (χ0n) is 12.8. The molecule has 1 saturated carbocycles. The van der Waals surface area contributed by atoms with Crippen molar-refractivity contribution in [2.45, 2.75) is 39.5 Å². The maximum Gasteiger partial charge on any atom is 0.208 e. The minimum absolute atomic E-state index is 0.363. The third-order valence-corrected chi connectivity index (χ3v) is 4.59. The smallest absolute Gasteiger partial charge is 0.208 e. The summed E-state index contributed by atoms with van der Waals surface area (Å²) < 4.78 is 24.4. The van der Waals surface area contributed by atoms with Gasteiger partial charge in [0.25, 0.3) is 0 Å². The molecule has 0 saturated heterocycles. The minimum atomic E-state index is -3.12. The summed E-state index contributed by atoms with van der Waals surface area (Å²) in [6.07, 6.45) is 6.18. The highest BCUT2D eigenvalue weighted by Gasteiger charge is 2.34. The van der Waals surface area contributed by atoms with Gasteiger partial charge in [0.05, 0.1) is 6.26 Å². The number of rotatable bonds is 8. The molecule has 0 spiro atoms. The van der Waals surface area contributed by atoms with E-state index in [0.717, 1.165) is 25.3 Å². The maximum atomic E-state index is 11.0. The van der Waals surface area contributed by atoms with Gasteiger partial charge < -0.3 is 10.6 Å². The molecule has 118 valence electrons. The Labute approximate surface area is 122 Å². The van der Waals surface area contributed by atoms with Crippen molar-refractivity contribution in [1.29, 1.82) is 0 Å². The van der Waals surface area contributed by atoms with Crippen LogP contribution in [-0.4, -0.2) is 46.8 Å². The van der Waals surface area contributed by atoms with E-state index in [-0.39, 0.29) is 0 Å². The van der Waals surface area contributed by atoms with E-state index < -0.39 is 10.0 Å². The number of nitrogens with one attached hydrogen (secondary N) is 3. The van der Waals surface area contributed by atoms with Gasteiger partial charge in [-0.15, -0.1) is 0 Å². The lowest BCUT2D eigenvalue weighted by atomic mass is 9.67. The SMILES string of the molecule is CCNC(=NCC1(CC)CCC1)NCCNS(C)(=O)=O. The van der Waals surface area contributed by atoms with Crippen LogP contribution in [0.4, 0.5) is 0 Å². The van der Waals surface area contributed by atoms with Crippen LogP contribution in [0.2, 0.25) is 0 Å². The Kier molecular flexibility index (Phi) is 6.75. The lowest BCUT2D eigenvalue weighted by molar-refractivity contribution is 0.139. The summed E-state index contributed by atoms with van der Waals surface area (Å²) >= 11 is 0. The van der Waals surface area contributed by atoms with Crippen LogP contribution >= 0.6 is 0 Å². The highest BCUT2D eigenvalue weighted by Crippen LogP contribution is 2.43. The van der Waals surface area contributed by atoms with E-state index >= 15 is 0 Å². The Morgan fingerprint density at radius 2 is 1.90 bits per heavy atom. The average molecular weight is 304 g/mol. The van der Waals surface area contributed by atoms with Crippen LogP contribution in [0, 0.1) is 5.41 Å². The number of hydrogen-bond donors (Lipinski definition) is 3. The van der Waals surface area contributed by atoms with E-state index in [4.69, 9.17) is 0 Å². The largest absolute Gasteiger partial charge is 0.357 e. The molecule has 0 unspecified atom stereocenters. The summed E-state index contributed by atoms with van der Waals surface area (Å²) in [4.78, 5) is 4.63. The highest BCUT2D eigenvalue weighted by molar-refractivity contribution is 7.88. The Morgan fingerprint density at radius 3 is 2.35 bits per heavy atom. The third kappa shape index (κ3) is 6.09. The van der Waals surface area contributed by atoms with Gasteiger partial charge in [-0.2, -0.15) is 0 Å². The fourth-order valence-electron chi connectivity index (χ4n) is 2.31. The maximum absolute atomic E-state index is 11.0. The molecule has 0 radical (unpaired) electrons. The van der Waals surface area contributed by atoms with Crippen molar-refractivity contribution in [3.05, 3.63) is 0 Å². The first-order valence-electron chi connectivity index (χ1n) is 7.37. The predicted octanol–water partition coefficient (Wildman–Crippen LogP) is 0.671. The molecule has 6 nitrogen and oxygen atoms in total. The van der Waals surface area contributed by atoms with Gasteiger partial charge in [0, 0.05) is 26.2 Å². The normalized spacial score (nSPS) is 18.4. The van der Waals surface area contributed by atoms with Crippen LogP contribution in [0.1, 0.15) is 39.5 Å². The molecule has 20 heavy (non-hydrogen) atoms. The zero-order valence-corrected chi connectivity index (χ0v) is 13.6. The Hall–Kier alpha value is -0.820. The summed E-state index contributed by atoms with van der Waals surface area (Å²) in [7, 11) is -3.12. The molecule has 1 rings (SSSR count). The standard InChI is InChI=1S/C13H28N4O2S/c1-4-13(7-6-8-13)11-16-12(14-5-2)15-9-10-17-20(3,18)19/h17H,4-11H2,1-3H3,(H2,14,15,16). The minimum Gasteiger partial charge on any atom is -0.357 e. The molecule has 0 aromatic heterocycles. The first-order chi connectivity index (χ1) is 9.41. The molecule has 0 aromatic rings. The van der Waals surface area contributed by atoms with Gasteiger partial charge in [-0.05, 0) is 31.6 Å². The molecule has 0 atom stereocenters. The number of aliphatic imine (C=N–C) groups is 1. The summed E-state index contributed by atoms with van der Waals surface area (Å²) in [5.41, 5.74) is 0.396.